The van der Waals surface area contributed by atoms with Crippen molar-refractivity contribution in [1.29, 1.82) is 0 Å². The smallest absolute Gasteiger partial charge is 0.333 e. The number of unbranched alkanes of at least 4 members (excludes halogenated alkanes) is 17. The maximum atomic E-state index is 12.4. The van der Waals surface area contributed by atoms with Gasteiger partial charge in [0, 0.05) is 5.69 Å². The van der Waals surface area contributed by atoms with Crippen molar-refractivity contribution in [2.75, 3.05) is 24.1 Å². The Morgan fingerprint density at radius 2 is 1.18 bits per heavy atom. The summed E-state index contributed by atoms with van der Waals surface area (Å²) in [5.74, 6) is 0.502. The van der Waals surface area contributed by atoms with Crippen LogP contribution in [0.4, 0.5) is 16.2 Å². The van der Waals surface area contributed by atoms with Gasteiger partial charge in [0.05, 0.1) is 24.3 Å². The molecule has 0 spiro atoms. The van der Waals surface area contributed by atoms with Crippen LogP contribution in [0.3, 0.4) is 0 Å². The molecule has 0 saturated carbocycles. The fraction of sp³-hybridized carbons (Fsp3) is 0.600. The van der Waals surface area contributed by atoms with Crippen LogP contribution in [0.25, 0.3) is 0 Å². The molecule has 2 aromatic rings. The summed E-state index contributed by atoms with van der Waals surface area (Å²) >= 11 is 0. The Kier molecular flexibility index (Phi) is 19.7. The minimum Gasteiger partial charge on any atom is -0.497 e. The number of methoxy groups -OCH3 is 1. The van der Waals surface area contributed by atoms with E-state index in [2.05, 4.69) is 12.2 Å². The first-order valence-electron chi connectivity index (χ1n) is 16.8. The maximum absolute atomic E-state index is 12.4. The van der Waals surface area contributed by atoms with Crippen molar-refractivity contribution in [2.45, 2.75) is 127 Å². The highest BCUT2D eigenvalue weighted by Gasteiger charge is 2.18. The van der Waals surface area contributed by atoms with Gasteiger partial charge in [0.25, 0.3) is 10.0 Å². The first-order chi connectivity index (χ1) is 21.9. The number of benzene rings is 2. The molecule has 2 N–H and O–H groups in total. The number of hydrogen-bond donors (Lipinski definition) is 2. The number of nitrogens with one attached hydrogen (secondary N) is 2. The van der Waals surface area contributed by atoms with Gasteiger partial charge in [0.15, 0.2) is 0 Å². The lowest BCUT2D eigenvalue weighted by molar-refractivity contribution is -0.114. The topological polar surface area (TPSA) is 114 Å². The summed E-state index contributed by atoms with van der Waals surface area (Å²) in [7, 11) is -2.58. The standard InChI is InChI=1S/C35H55N3O6S/c1-3-4-5-6-7-8-9-10-11-12-13-14-15-16-17-18-19-20-29-44-38(30-39)32-23-21-31(22-24-32)36-35(40)37-45(41,42)34-27-25-33(43-2)26-28-34/h21-28,30H,3-20,29H2,1-2H3,(H2,36,37,40). The molecule has 0 aliphatic heterocycles. The molecule has 2 rings (SSSR count). The van der Waals surface area contributed by atoms with Crippen molar-refractivity contribution in [3.63, 3.8) is 0 Å². The molecule has 0 aromatic heterocycles. The average Bonchev–Trinajstić information content (AvgIpc) is 3.04. The van der Waals surface area contributed by atoms with Crippen molar-refractivity contribution >= 4 is 33.8 Å². The molecule has 0 atom stereocenters. The van der Waals surface area contributed by atoms with Crippen LogP contribution in [0, 0.1) is 0 Å². The van der Waals surface area contributed by atoms with Crippen molar-refractivity contribution in [3.8, 4) is 5.75 Å². The Bertz CT molecular complexity index is 1170. The fourth-order valence-electron chi connectivity index (χ4n) is 5.12. The number of sulfonamides is 1. The Labute approximate surface area is 271 Å². The summed E-state index contributed by atoms with van der Waals surface area (Å²) in [5.41, 5.74) is 0.861. The van der Waals surface area contributed by atoms with E-state index in [9.17, 15) is 18.0 Å². The van der Waals surface area contributed by atoms with Gasteiger partial charge in [0.2, 0.25) is 6.41 Å². The van der Waals surface area contributed by atoms with Crippen molar-refractivity contribution in [2.24, 2.45) is 0 Å². The third-order valence-corrected chi connectivity index (χ3v) is 9.15. The van der Waals surface area contributed by atoms with Gasteiger partial charge >= 0.3 is 6.03 Å². The zero-order valence-electron chi connectivity index (χ0n) is 27.4. The number of ether oxygens (including phenoxy) is 1. The molecule has 0 saturated heterocycles. The summed E-state index contributed by atoms with van der Waals surface area (Å²) in [6.45, 7) is 2.70. The van der Waals surface area contributed by atoms with E-state index in [1.165, 1.54) is 134 Å². The Hall–Kier alpha value is -3.11. The number of urea groups is 1. The van der Waals surface area contributed by atoms with Crippen LogP contribution < -0.4 is 19.8 Å². The highest BCUT2D eigenvalue weighted by atomic mass is 32.2. The van der Waals surface area contributed by atoms with E-state index in [0.717, 1.165) is 17.9 Å². The van der Waals surface area contributed by atoms with E-state index in [1.54, 1.807) is 24.3 Å². The largest absolute Gasteiger partial charge is 0.497 e. The summed E-state index contributed by atoms with van der Waals surface area (Å²) < 4.78 is 31.9. The van der Waals surface area contributed by atoms with E-state index >= 15 is 0 Å². The summed E-state index contributed by atoms with van der Waals surface area (Å²) in [5, 5.41) is 3.64. The molecule has 0 aliphatic rings. The van der Waals surface area contributed by atoms with Crippen LogP contribution in [0.1, 0.15) is 122 Å². The van der Waals surface area contributed by atoms with Crippen LogP contribution in [-0.2, 0) is 19.7 Å². The van der Waals surface area contributed by atoms with Gasteiger partial charge in [-0.15, -0.1) is 0 Å². The number of hydrogen-bond acceptors (Lipinski definition) is 6. The molecular formula is C35H55N3O6S. The predicted octanol–water partition coefficient (Wildman–Crippen LogP) is 9.14. The molecule has 0 radical (unpaired) electrons. The number of carbonyl (C=O) groups is 2. The lowest BCUT2D eigenvalue weighted by atomic mass is 10.0. The molecule has 0 fully saturated rings. The molecule has 9 nitrogen and oxygen atoms in total. The molecule has 10 heteroatoms. The minimum atomic E-state index is -4.05. The number of rotatable bonds is 26. The van der Waals surface area contributed by atoms with E-state index in [0.29, 0.717) is 30.1 Å². The van der Waals surface area contributed by atoms with E-state index in [1.807, 2.05) is 4.72 Å². The van der Waals surface area contributed by atoms with Crippen LogP contribution in [0.15, 0.2) is 53.4 Å². The molecule has 252 valence electrons. The Morgan fingerprint density at radius 1 is 0.711 bits per heavy atom. The third-order valence-electron chi connectivity index (χ3n) is 7.80. The number of amides is 3. The quantitative estimate of drug-likeness (QED) is 0.0599. The molecule has 0 heterocycles. The molecular weight excluding hydrogens is 590 g/mol. The maximum Gasteiger partial charge on any atom is 0.333 e. The summed E-state index contributed by atoms with van der Waals surface area (Å²) in [6, 6.07) is 11.1. The van der Waals surface area contributed by atoms with Crippen LogP contribution in [0.2, 0.25) is 0 Å². The minimum absolute atomic E-state index is 0.0672. The second-order valence-electron chi connectivity index (χ2n) is 11.6. The number of anilines is 2. The second-order valence-corrected chi connectivity index (χ2v) is 13.2. The van der Waals surface area contributed by atoms with Gasteiger partial charge < -0.3 is 10.1 Å². The Balaban J connectivity index is 1.51. The molecule has 2 aromatic carbocycles. The van der Waals surface area contributed by atoms with E-state index < -0.39 is 16.1 Å². The second kappa shape index (κ2) is 23.3. The van der Waals surface area contributed by atoms with Gasteiger partial charge in [-0.3, -0.25) is 9.63 Å². The monoisotopic (exact) mass is 645 g/mol. The molecule has 3 amide bonds. The van der Waals surface area contributed by atoms with Gasteiger partial charge in [-0.05, 0) is 55.0 Å². The number of nitrogens with zero attached hydrogens (tertiary/aromatic N) is 1. The van der Waals surface area contributed by atoms with Crippen LogP contribution in [0.5, 0.6) is 5.75 Å². The molecule has 0 bridgehead atoms. The van der Waals surface area contributed by atoms with Crippen molar-refractivity contribution in [1.82, 2.24) is 4.72 Å². The zero-order chi connectivity index (χ0) is 32.6. The third kappa shape index (κ3) is 16.7. The summed E-state index contributed by atoms with van der Waals surface area (Å²) in [6.07, 6.45) is 24.2. The SMILES string of the molecule is CCCCCCCCCCCCCCCCCCCCON(C=O)c1ccc(NC(=O)NS(=O)(=O)c2ccc(OC)cc2)cc1. The molecule has 0 aliphatic carbocycles. The normalized spacial score (nSPS) is 11.2. The lowest BCUT2D eigenvalue weighted by Crippen LogP contribution is -2.34. The van der Waals surface area contributed by atoms with Gasteiger partial charge in [0.1, 0.15) is 5.75 Å². The van der Waals surface area contributed by atoms with Gasteiger partial charge in [-0.25, -0.2) is 17.9 Å². The number of carbonyl (C=O) groups excluding carboxylic acids is 2. The van der Waals surface area contributed by atoms with Crippen molar-refractivity contribution in [3.05, 3.63) is 48.5 Å². The van der Waals surface area contributed by atoms with Crippen LogP contribution >= 0.6 is 0 Å². The van der Waals surface area contributed by atoms with Gasteiger partial charge in [-0.1, -0.05) is 116 Å². The summed E-state index contributed by atoms with van der Waals surface area (Å²) in [4.78, 5) is 29.4. The Morgan fingerprint density at radius 3 is 1.62 bits per heavy atom. The average molecular weight is 646 g/mol. The highest BCUT2D eigenvalue weighted by Crippen LogP contribution is 2.19. The van der Waals surface area contributed by atoms with Gasteiger partial charge in [-0.2, -0.15) is 5.06 Å². The van der Waals surface area contributed by atoms with Crippen molar-refractivity contribution < 1.29 is 27.6 Å². The molecule has 45 heavy (non-hydrogen) atoms. The van der Waals surface area contributed by atoms with E-state index in [-0.39, 0.29) is 4.90 Å². The first-order valence-corrected chi connectivity index (χ1v) is 18.3. The number of hydroxylamine groups is 1. The highest BCUT2D eigenvalue weighted by molar-refractivity contribution is 7.90. The van der Waals surface area contributed by atoms with E-state index in [4.69, 9.17) is 9.57 Å². The fourth-order valence-corrected chi connectivity index (χ4v) is 6.02. The zero-order valence-corrected chi connectivity index (χ0v) is 28.3. The molecule has 0 unspecified atom stereocenters. The lowest BCUT2D eigenvalue weighted by Gasteiger charge is -2.17. The predicted molar refractivity (Wildman–Crippen MR) is 182 cm³/mol. The van der Waals surface area contributed by atoms with Crippen LogP contribution in [-0.4, -0.2) is 34.6 Å². The first kappa shape index (κ1) is 38.1.